The minimum Gasteiger partial charge on any atom is -0.380 e. The highest BCUT2D eigenvalue weighted by atomic mass is 16.7. The van der Waals surface area contributed by atoms with Crippen molar-refractivity contribution in [3.8, 4) is 0 Å². The van der Waals surface area contributed by atoms with Gasteiger partial charge in [-0.2, -0.15) is 0 Å². The third kappa shape index (κ3) is 3.27. The molecule has 1 aliphatic heterocycles. The predicted octanol–water partition coefficient (Wildman–Crippen LogP) is 4.08. The lowest BCUT2D eigenvalue weighted by Gasteiger charge is -2.30. The number of benzene rings is 1. The van der Waals surface area contributed by atoms with Crippen molar-refractivity contribution < 1.29 is 14.6 Å². The first kappa shape index (κ1) is 16.4. The molecule has 1 aliphatic carbocycles. The molecule has 23 heavy (non-hydrogen) atoms. The van der Waals surface area contributed by atoms with Gasteiger partial charge < -0.3 is 14.6 Å². The molecule has 1 fully saturated rings. The number of unbranched alkanes of at least 4 members (excludes halogenated alkanes) is 1. The number of allylic oxidation sites excluding steroid dienone is 1. The zero-order valence-electron chi connectivity index (χ0n) is 14.0. The van der Waals surface area contributed by atoms with Crippen LogP contribution in [-0.2, 0) is 15.1 Å². The molecular formula is C20H26O3. The monoisotopic (exact) mass is 314 g/mol. The SMILES string of the molecule is CCCCC(O)(C1=C(C)CC(C2OCCO2)=C1)c1ccccc1. The van der Waals surface area contributed by atoms with Gasteiger partial charge in [0.1, 0.15) is 5.60 Å². The second-order valence-corrected chi connectivity index (χ2v) is 6.49. The van der Waals surface area contributed by atoms with Gasteiger partial charge in [-0.25, -0.2) is 0 Å². The van der Waals surface area contributed by atoms with E-state index in [-0.39, 0.29) is 6.29 Å². The summed E-state index contributed by atoms with van der Waals surface area (Å²) in [5.41, 5.74) is 3.39. The molecule has 2 aliphatic rings. The fourth-order valence-corrected chi connectivity index (χ4v) is 3.54. The molecule has 0 spiro atoms. The van der Waals surface area contributed by atoms with Crippen LogP contribution in [0.4, 0.5) is 0 Å². The fourth-order valence-electron chi connectivity index (χ4n) is 3.54. The van der Waals surface area contributed by atoms with Gasteiger partial charge in [-0.3, -0.25) is 0 Å². The van der Waals surface area contributed by atoms with Gasteiger partial charge in [0.05, 0.1) is 13.2 Å². The van der Waals surface area contributed by atoms with Crippen molar-refractivity contribution in [2.75, 3.05) is 13.2 Å². The summed E-state index contributed by atoms with van der Waals surface area (Å²) in [7, 11) is 0. The second kappa shape index (κ2) is 7.00. The number of hydrogen-bond donors (Lipinski definition) is 1. The second-order valence-electron chi connectivity index (χ2n) is 6.49. The Morgan fingerprint density at radius 3 is 2.52 bits per heavy atom. The van der Waals surface area contributed by atoms with Crippen LogP contribution in [0.25, 0.3) is 0 Å². The van der Waals surface area contributed by atoms with Crippen LogP contribution < -0.4 is 0 Å². The summed E-state index contributed by atoms with van der Waals surface area (Å²) in [6.07, 6.45) is 5.47. The van der Waals surface area contributed by atoms with Crippen molar-refractivity contribution in [2.24, 2.45) is 0 Å². The van der Waals surface area contributed by atoms with E-state index in [9.17, 15) is 5.11 Å². The van der Waals surface area contributed by atoms with E-state index < -0.39 is 5.60 Å². The highest BCUT2D eigenvalue weighted by Crippen LogP contribution is 2.43. The number of ether oxygens (including phenoxy) is 2. The van der Waals surface area contributed by atoms with Crippen molar-refractivity contribution in [3.05, 3.63) is 58.7 Å². The van der Waals surface area contributed by atoms with Crippen LogP contribution in [0.15, 0.2) is 53.1 Å². The molecule has 0 amide bonds. The van der Waals surface area contributed by atoms with E-state index in [1.807, 2.05) is 30.3 Å². The van der Waals surface area contributed by atoms with Gasteiger partial charge in [0.25, 0.3) is 0 Å². The van der Waals surface area contributed by atoms with Gasteiger partial charge in [0.2, 0.25) is 0 Å². The Morgan fingerprint density at radius 2 is 1.87 bits per heavy atom. The van der Waals surface area contributed by atoms with E-state index in [1.54, 1.807) is 0 Å². The molecule has 0 aromatic heterocycles. The summed E-state index contributed by atoms with van der Waals surface area (Å²) < 4.78 is 11.3. The Bertz CT molecular complexity index is 597. The average molecular weight is 314 g/mol. The Morgan fingerprint density at radius 1 is 1.17 bits per heavy atom. The summed E-state index contributed by atoms with van der Waals surface area (Å²) in [5.74, 6) is 0. The van der Waals surface area contributed by atoms with E-state index in [2.05, 4.69) is 19.9 Å². The maximum atomic E-state index is 11.6. The first-order valence-electron chi connectivity index (χ1n) is 8.57. The zero-order valence-corrected chi connectivity index (χ0v) is 14.0. The van der Waals surface area contributed by atoms with Crippen molar-refractivity contribution in [1.29, 1.82) is 0 Å². The van der Waals surface area contributed by atoms with Crippen LogP contribution >= 0.6 is 0 Å². The minimum absolute atomic E-state index is 0.242. The molecule has 3 heteroatoms. The van der Waals surface area contributed by atoms with Gasteiger partial charge in [-0.1, -0.05) is 61.7 Å². The molecule has 124 valence electrons. The third-order valence-corrected chi connectivity index (χ3v) is 4.77. The quantitative estimate of drug-likeness (QED) is 0.859. The van der Waals surface area contributed by atoms with Crippen LogP contribution in [0, 0.1) is 0 Å². The van der Waals surface area contributed by atoms with Crippen LogP contribution in [-0.4, -0.2) is 24.6 Å². The number of hydrogen-bond acceptors (Lipinski definition) is 3. The highest BCUT2D eigenvalue weighted by Gasteiger charge is 2.37. The fraction of sp³-hybridized carbons (Fsp3) is 0.500. The first-order chi connectivity index (χ1) is 11.1. The van der Waals surface area contributed by atoms with Crippen molar-refractivity contribution in [1.82, 2.24) is 0 Å². The average Bonchev–Trinajstić information content (AvgIpc) is 3.23. The van der Waals surface area contributed by atoms with Crippen LogP contribution in [0.1, 0.15) is 45.1 Å². The Balaban J connectivity index is 1.94. The smallest absolute Gasteiger partial charge is 0.180 e. The lowest BCUT2D eigenvalue weighted by molar-refractivity contribution is -0.0123. The summed E-state index contributed by atoms with van der Waals surface area (Å²) >= 11 is 0. The molecule has 1 aromatic rings. The maximum Gasteiger partial charge on any atom is 0.180 e. The predicted molar refractivity (Wildman–Crippen MR) is 91.0 cm³/mol. The molecule has 1 heterocycles. The van der Waals surface area contributed by atoms with Crippen molar-refractivity contribution >= 4 is 0 Å². The first-order valence-corrected chi connectivity index (χ1v) is 8.57. The molecule has 1 unspecified atom stereocenters. The minimum atomic E-state index is -0.929. The van der Waals surface area contributed by atoms with Crippen LogP contribution in [0.3, 0.4) is 0 Å². The molecule has 1 atom stereocenters. The molecule has 3 rings (SSSR count). The standard InChI is InChI=1S/C20H26O3/c1-3-4-10-20(21,17-8-6-5-7-9-17)18-14-16(13-15(18)2)19-22-11-12-23-19/h5-9,14,19,21H,3-4,10-13H2,1-2H3. The van der Waals surface area contributed by atoms with Crippen LogP contribution in [0.5, 0.6) is 0 Å². The normalized spacial score (nSPS) is 21.6. The lowest BCUT2D eigenvalue weighted by atomic mass is 9.81. The number of rotatable bonds is 6. The molecular weight excluding hydrogens is 288 g/mol. The molecule has 0 saturated carbocycles. The molecule has 3 nitrogen and oxygen atoms in total. The summed E-state index contributed by atoms with van der Waals surface area (Å²) in [5, 5.41) is 11.6. The molecule has 1 saturated heterocycles. The highest BCUT2D eigenvalue weighted by molar-refractivity contribution is 5.48. The van der Waals surface area contributed by atoms with E-state index in [4.69, 9.17) is 9.47 Å². The van der Waals surface area contributed by atoms with Gasteiger partial charge in [-0.05, 0) is 36.5 Å². The van der Waals surface area contributed by atoms with Gasteiger partial charge in [0, 0.05) is 0 Å². The summed E-state index contributed by atoms with van der Waals surface area (Å²) in [6, 6.07) is 10.0. The van der Waals surface area contributed by atoms with Crippen LogP contribution in [0.2, 0.25) is 0 Å². The summed E-state index contributed by atoms with van der Waals surface area (Å²) in [6.45, 7) is 5.56. The van der Waals surface area contributed by atoms with E-state index in [0.29, 0.717) is 13.2 Å². The Hall–Kier alpha value is -1.42. The Labute approximate surface area is 138 Å². The largest absolute Gasteiger partial charge is 0.380 e. The summed E-state index contributed by atoms with van der Waals surface area (Å²) in [4.78, 5) is 0. The lowest BCUT2D eigenvalue weighted by Crippen LogP contribution is -2.28. The van der Waals surface area contributed by atoms with E-state index >= 15 is 0 Å². The Kier molecular flexibility index (Phi) is 5.00. The molecule has 0 bridgehead atoms. The van der Waals surface area contributed by atoms with Gasteiger partial charge in [0.15, 0.2) is 6.29 Å². The van der Waals surface area contributed by atoms with E-state index in [0.717, 1.165) is 42.4 Å². The van der Waals surface area contributed by atoms with Gasteiger partial charge in [-0.15, -0.1) is 0 Å². The molecule has 0 radical (unpaired) electrons. The van der Waals surface area contributed by atoms with Crippen molar-refractivity contribution in [2.45, 2.75) is 51.4 Å². The third-order valence-electron chi connectivity index (χ3n) is 4.77. The van der Waals surface area contributed by atoms with Gasteiger partial charge >= 0.3 is 0 Å². The maximum absolute atomic E-state index is 11.6. The molecule has 1 aromatic carbocycles. The van der Waals surface area contributed by atoms with E-state index in [1.165, 1.54) is 5.57 Å². The zero-order chi connectivity index (χ0) is 16.3. The van der Waals surface area contributed by atoms with Crippen molar-refractivity contribution in [3.63, 3.8) is 0 Å². The number of aliphatic hydroxyl groups is 1. The topological polar surface area (TPSA) is 38.7 Å². The molecule has 1 N–H and O–H groups in total.